The lowest BCUT2D eigenvalue weighted by atomic mass is 10.4. The Kier molecular flexibility index (Phi) is 11.4. The van der Waals surface area contributed by atoms with Gasteiger partial charge < -0.3 is 18.9 Å². The number of hydrogen-bond acceptors (Lipinski definition) is 5. The lowest BCUT2D eigenvalue weighted by Gasteiger charge is -2.08. The van der Waals surface area contributed by atoms with Gasteiger partial charge in [0.1, 0.15) is 11.2 Å². The molecule has 0 atom stereocenters. The van der Waals surface area contributed by atoms with Gasteiger partial charge in [-0.3, -0.25) is 0 Å². The Balaban J connectivity index is 1.84. The van der Waals surface area contributed by atoms with Gasteiger partial charge in [-0.2, -0.15) is 0 Å². The van der Waals surface area contributed by atoms with E-state index in [1.165, 1.54) is 0 Å². The molecule has 0 N–H and O–H groups in total. The Morgan fingerprint density at radius 2 is 1.57 bits per heavy atom. The number of halogens is 1. The fourth-order valence-electron chi connectivity index (χ4n) is 1.48. The Morgan fingerprint density at radius 1 is 0.952 bits per heavy atom. The normalized spacial score (nSPS) is 10.8. The molecular weight excluding hydrogens is 338 g/mol. The van der Waals surface area contributed by atoms with E-state index >= 15 is 0 Å². The Labute approximate surface area is 135 Å². The summed E-state index contributed by atoms with van der Waals surface area (Å²) >= 11 is 3.32. The van der Waals surface area contributed by atoms with Crippen molar-refractivity contribution in [1.82, 2.24) is 4.98 Å². The molecule has 0 unspecified atom stereocenters. The molecule has 0 radical (unpaired) electrons. The van der Waals surface area contributed by atoms with Crippen LogP contribution in [0.2, 0.25) is 0 Å². The molecule has 0 aromatic carbocycles. The molecule has 0 saturated heterocycles. The van der Waals surface area contributed by atoms with Crippen molar-refractivity contribution in [1.29, 1.82) is 0 Å². The molecule has 0 saturated carbocycles. The van der Waals surface area contributed by atoms with E-state index in [2.05, 4.69) is 27.8 Å². The van der Waals surface area contributed by atoms with E-state index in [9.17, 15) is 0 Å². The van der Waals surface area contributed by atoms with Gasteiger partial charge in [0.2, 0.25) is 0 Å². The van der Waals surface area contributed by atoms with Crippen LogP contribution in [0.3, 0.4) is 0 Å². The van der Waals surface area contributed by atoms with E-state index < -0.39 is 0 Å². The van der Waals surface area contributed by atoms with Crippen molar-refractivity contribution in [3.63, 3.8) is 0 Å². The number of nitrogens with zero attached hydrogens (tertiary/aromatic N) is 1. The lowest BCUT2D eigenvalue weighted by Crippen LogP contribution is -2.13. The highest BCUT2D eigenvalue weighted by Crippen LogP contribution is 2.20. The molecule has 0 spiro atoms. The van der Waals surface area contributed by atoms with Gasteiger partial charge in [0.15, 0.2) is 5.75 Å². The van der Waals surface area contributed by atoms with E-state index in [4.69, 9.17) is 18.9 Å². The quantitative estimate of drug-likeness (QED) is 0.399. The van der Waals surface area contributed by atoms with Crippen LogP contribution < -0.4 is 4.74 Å². The van der Waals surface area contributed by atoms with Gasteiger partial charge in [-0.25, -0.2) is 4.98 Å². The molecule has 1 aromatic heterocycles. The van der Waals surface area contributed by atoms with Gasteiger partial charge in [0.05, 0.1) is 33.0 Å². The molecule has 120 valence electrons. The fourth-order valence-corrected chi connectivity index (χ4v) is 1.84. The predicted octanol–water partition coefficient (Wildman–Crippen LogP) is 3.07. The zero-order valence-electron chi connectivity index (χ0n) is 12.6. The first-order valence-electron chi connectivity index (χ1n) is 7.31. The standard InChI is InChI=1S/C15H24BrNO4/c1-2-3-7-18-8-9-19-10-11-20-12-13-21-14-5-4-6-17-15(14)16/h4-6H,2-3,7-13H2,1H3. The highest BCUT2D eigenvalue weighted by Gasteiger charge is 1.99. The maximum absolute atomic E-state index is 5.52. The Morgan fingerprint density at radius 3 is 2.19 bits per heavy atom. The van der Waals surface area contributed by atoms with Gasteiger partial charge in [-0.05, 0) is 34.5 Å². The highest BCUT2D eigenvalue weighted by molar-refractivity contribution is 9.10. The molecule has 6 heteroatoms. The van der Waals surface area contributed by atoms with Crippen molar-refractivity contribution in [3.05, 3.63) is 22.9 Å². The van der Waals surface area contributed by atoms with E-state index in [0.717, 1.165) is 25.2 Å². The Hall–Kier alpha value is -0.690. The summed E-state index contributed by atoms with van der Waals surface area (Å²) < 4.78 is 22.4. The average Bonchev–Trinajstić information content (AvgIpc) is 2.50. The highest BCUT2D eigenvalue weighted by atomic mass is 79.9. The van der Waals surface area contributed by atoms with Gasteiger partial charge >= 0.3 is 0 Å². The number of ether oxygens (including phenoxy) is 4. The minimum absolute atomic E-state index is 0.490. The van der Waals surface area contributed by atoms with Crippen LogP contribution in [0.1, 0.15) is 19.8 Å². The van der Waals surface area contributed by atoms with Gasteiger partial charge in [-0.15, -0.1) is 0 Å². The van der Waals surface area contributed by atoms with Gasteiger partial charge in [-0.1, -0.05) is 13.3 Å². The zero-order valence-corrected chi connectivity index (χ0v) is 14.1. The number of pyridine rings is 1. The molecule has 0 aliphatic rings. The van der Waals surface area contributed by atoms with Crippen LogP contribution in [-0.2, 0) is 14.2 Å². The van der Waals surface area contributed by atoms with E-state index in [-0.39, 0.29) is 0 Å². The molecule has 1 aromatic rings. The van der Waals surface area contributed by atoms with Crippen LogP contribution in [0, 0.1) is 0 Å². The van der Waals surface area contributed by atoms with E-state index in [0.29, 0.717) is 44.2 Å². The maximum atomic E-state index is 5.52. The fraction of sp³-hybridized carbons (Fsp3) is 0.667. The number of rotatable bonds is 13. The van der Waals surface area contributed by atoms with Crippen LogP contribution in [0.25, 0.3) is 0 Å². The molecule has 5 nitrogen and oxygen atoms in total. The van der Waals surface area contributed by atoms with E-state index in [1.807, 2.05) is 12.1 Å². The summed E-state index contributed by atoms with van der Waals surface area (Å²) in [5, 5.41) is 0. The van der Waals surface area contributed by atoms with Gasteiger partial charge in [0, 0.05) is 12.8 Å². The molecule has 0 aliphatic carbocycles. The summed E-state index contributed by atoms with van der Waals surface area (Å²) in [6, 6.07) is 3.69. The third kappa shape index (κ3) is 9.79. The molecule has 1 heterocycles. The molecule has 1 rings (SSSR count). The minimum Gasteiger partial charge on any atom is -0.488 e. The first-order chi connectivity index (χ1) is 10.3. The molecule has 0 fully saturated rings. The van der Waals surface area contributed by atoms with Crippen molar-refractivity contribution in [3.8, 4) is 5.75 Å². The lowest BCUT2D eigenvalue weighted by molar-refractivity contribution is 0.00889. The third-order valence-electron chi connectivity index (χ3n) is 2.60. The minimum atomic E-state index is 0.490. The molecule has 0 amide bonds. The smallest absolute Gasteiger partial charge is 0.152 e. The second-order valence-electron chi connectivity index (χ2n) is 4.33. The van der Waals surface area contributed by atoms with Crippen molar-refractivity contribution in [2.24, 2.45) is 0 Å². The molecule has 21 heavy (non-hydrogen) atoms. The number of hydrogen-bond donors (Lipinski definition) is 0. The molecule has 0 aliphatic heterocycles. The SMILES string of the molecule is CCCCOCCOCCOCCOc1cccnc1Br. The van der Waals surface area contributed by atoms with Crippen molar-refractivity contribution in [2.75, 3.05) is 46.2 Å². The topological polar surface area (TPSA) is 49.8 Å². The van der Waals surface area contributed by atoms with Crippen LogP contribution in [0.5, 0.6) is 5.75 Å². The number of aromatic nitrogens is 1. The third-order valence-corrected chi connectivity index (χ3v) is 3.19. The molecule has 0 bridgehead atoms. The monoisotopic (exact) mass is 361 g/mol. The first-order valence-corrected chi connectivity index (χ1v) is 8.10. The molecular formula is C15H24BrNO4. The van der Waals surface area contributed by atoms with Crippen molar-refractivity contribution in [2.45, 2.75) is 19.8 Å². The maximum Gasteiger partial charge on any atom is 0.152 e. The van der Waals surface area contributed by atoms with Crippen LogP contribution in [-0.4, -0.2) is 51.2 Å². The summed E-state index contributed by atoms with van der Waals surface area (Å²) in [6.45, 7) is 6.39. The second-order valence-corrected chi connectivity index (χ2v) is 5.08. The van der Waals surface area contributed by atoms with Crippen LogP contribution in [0.15, 0.2) is 22.9 Å². The summed E-state index contributed by atoms with van der Waals surface area (Å²) in [7, 11) is 0. The second kappa shape index (κ2) is 13.0. The average molecular weight is 362 g/mol. The summed E-state index contributed by atoms with van der Waals surface area (Å²) in [4.78, 5) is 4.07. The summed E-state index contributed by atoms with van der Waals surface area (Å²) in [5.41, 5.74) is 0. The Bertz CT molecular complexity index is 365. The van der Waals surface area contributed by atoms with Crippen molar-refractivity contribution >= 4 is 15.9 Å². The zero-order chi connectivity index (χ0) is 15.2. The van der Waals surface area contributed by atoms with E-state index in [1.54, 1.807) is 6.20 Å². The largest absolute Gasteiger partial charge is 0.488 e. The van der Waals surface area contributed by atoms with Crippen molar-refractivity contribution < 1.29 is 18.9 Å². The van der Waals surface area contributed by atoms with Gasteiger partial charge in [0.25, 0.3) is 0 Å². The summed E-state index contributed by atoms with van der Waals surface area (Å²) in [5.74, 6) is 0.724. The first kappa shape index (κ1) is 18.4. The summed E-state index contributed by atoms with van der Waals surface area (Å²) in [6.07, 6.45) is 3.97. The predicted molar refractivity (Wildman–Crippen MR) is 84.8 cm³/mol. The number of unbranched alkanes of at least 4 members (excludes halogenated alkanes) is 1. The van der Waals surface area contributed by atoms with Crippen LogP contribution >= 0.6 is 15.9 Å². The van der Waals surface area contributed by atoms with Crippen LogP contribution in [0.4, 0.5) is 0 Å².